The number of benzene rings is 4. The molecule has 0 saturated heterocycles. The van der Waals surface area contributed by atoms with Crippen LogP contribution in [0.3, 0.4) is 0 Å². The van der Waals surface area contributed by atoms with Crippen molar-refractivity contribution in [2.45, 2.75) is 62.6 Å². The molecule has 5 rings (SSSR count). The quantitative estimate of drug-likeness (QED) is 0.167. The van der Waals surface area contributed by atoms with E-state index in [1.807, 2.05) is 61.5 Å². The molecule has 0 bridgehead atoms. The summed E-state index contributed by atoms with van der Waals surface area (Å²) in [5.41, 5.74) is 2.88. The predicted molar refractivity (Wildman–Crippen MR) is 188 cm³/mol. The molecule has 0 aliphatic heterocycles. The Kier molecular flexibility index (Phi) is 11.4. The van der Waals surface area contributed by atoms with E-state index in [4.69, 9.17) is 4.74 Å². The first-order chi connectivity index (χ1) is 22.6. The van der Waals surface area contributed by atoms with Gasteiger partial charge in [-0.2, -0.15) is 0 Å². The number of ether oxygens (including phenoxy) is 1. The molecule has 1 aliphatic carbocycles. The number of nitrogens with one attached hydrogen (secondary N) is 1. The average molecular weight is 719 g/mol. The standard InChI is InChI=1S/C37H40BrN3O5S/c1-27-15-21-34(22-16-27)47(44,45)41(32-19-17-30(38)18-20-32)26-36(42)40(25-29-11-8-14-33(23-29)46-2)35(24-28-9-4-3-5-10-28)37(43)39-31-12-6-7-13-31/h3-5,8-11,14-23,31,35H,6-7,12-13,24-26H2,1-2H3,(H,39,43)/t35-/m1/s1. The zero-order chi connectivity index (χ0) is 33.4. The Bertz CT molecular complexity index is 1760. The van der Waals surface area contributed by atoms with Crippen LogP contribution in [0.5, 0.6) is 5.75 Å². The lowest BCUT2D eigenvalue weighted by Gasteiger charge is -2.34. The van der Waals surface area contributed by atoms with Gasteiger partial charge in [-0.3, -0.25) is 13.9 Å². The van der Waals surface area contributed by atoms with Gasteiger partial charge in [-0.1, -0.05) is 88.9 Å². The number of hydrogen-bond donors (Lipinski definition) is 1. The third-order valence-corrected chi connectivity index (χ3v) is 10.8. The van der Waals surface area contributed by atoms with Crippen LogP contribution in [0.2, 0.25) is 0 Å². The highest BCUT2D eigenvalue weighted by molar-refractivity contribution is 9.10. The minimum Gasteiger partial charge on any atom is -0.497 e. The van der Waals surface area contributed by atoms with Crippen molar-refractivity contribution >= 4 is 43.5 Å². The molecule has 2 amide bonds. The van der Waals surface area contributed by atoms with Crippen LogP contribution < -0.4 is 14.4 Å². The number of carbonyl (C=O) groups excluding carboxylic acids is 2. The van der Waals surface area contributed by atoms with E-state index in [1.165, 1.54) is 4.90 Å². The fraction of sp³-hybridized carbons (Fsp3) is 0.297. The third kappa shape index (κ3) is 8.81. The van der Waals surface area contributed by atoms with Crippen LogP contribution in [0.15, 0.2) is 112 Å². The van der Waals surface area contributed by atoms with Crippen LogP contribution in [-0.4, -0.2) is 50.9 Å². The minimum atomic E-state index is -4.17. The van der Waals surface area contributed by atoms with Gasteiger partial charge in [0.15, 0.2) is 0 Å². The second-order valence-electron chi connectivity index (χ2n) is 11.9. The van der Waals surface area contributed by atoms with Gasteiger partial charge >= 0.3 is 0 Å². The van der Waals surface area contributed by atoms with Crippen LogP contribution in [0, 0.1) is 6.92 Å². The second-order valence-corrected chi connectivity index (χ2v) is 14.6. The van der Waals surface area contributed by atoms with Crippen molar-refractivity contribution in [3.05, 3.63) is 124 Å². The zero-order valence-corrected chi connectivity index (χ0v) is 29.0. The van der Waals surface area contributed by atoms with Crippen LogP contribution in [0.1, 0.15) is 42.4 Å². The van der Waals surface area contributed by atoms with Gasteiger partial charge in [0.05, 0.1) is 17.7 Å². The van der Waals surface area contributed by atoms with Crippen molar-refractivity contribution in [1.82, 2.24) is 10.2 Å². The first-order valence-electron chi connectivity index (χ1n) is 15.8. The summed E-state index contributed by atoms with van der Waals surface area (Å²) in [6.07, 6.45) is 4.12. The predicted octanol–water partition coefficient (Wildman–Crippen LogP) is 6.66. The highest BCUT2D eigenvalue weighted by atomic mass is 79.9. The molecule has 4 aromatic rings. The normalized spacial score (nSPS) is 13.9. The van der Waals surface area contributed by atoms with E-state index in [-0.39, 0.29) is 29.8 Å². The monoisotopic (exact) mass is 717 g/mol. The fourth-order valence-electron chi connectivity index (χ4n) is 5.86. The molecule has 1 aliphatic rings. The van der Waals surface area contributed by atoms with E-state index in [0.29, 0.717) is 11.4 Å². The maximum atomic E-state index is 14.7. The number of anilines is 1. The number of sulfonamides is 1. The lowest BCUT2D eigenvalue weighted by atomic mass is 10.0. The minimum absolute atomic E-state index is 0.0377. The molecule has 0 unspecified atom stereocenters. The number of methoxy groups -OCH3 is 1. The molecule has 47 heavy (non-hydrogen) atoms. The highest BCUT2D eigenvalue weighted by Gasteiger charge is 2.35. The molecule has 0 aromatic heterocycles. The molecule has 1 atom stereocenters. The Morgan fingerprint density at radius 1 is 0.894 bits per heavy atom. The lowest BCUT2D eigenvalue weighted by molar-refractivity contribution is -0.140. The van der Waals surface area contributed by atoms with Crippen molar-refractivity contribution in [2.24, 2.45) is 0 Å². The molecule has 4 aromatic carbocycles. The number of rotatable bonds is 13. The Morgan fingerprint density at radius 3 is 2.21 bits per heavy atom. The summed E-state index contributed by atoms with van der Waals surface area (Å²) in [6, 6.07) is 29.4. The van der Waals surface area contributed by atoms with Gasteiger partial charge in [-0.05, 0) is 79.4 Å². The molecule has 0 spiro atoms. The van der Waals surface area contributed by atoms with Crippen LogP contribution in [0.25, 0.3) is 0 Å². The summed E-state index contributed by atoms with van der Waals surface area (Å²) in [7, 11) is -2.60. The van der Waals surface area contributed by atoms with Gasteiger partial charge < -0.3 is 15.0 Å². The molecule has 246 valence electrons. The van der Waals surface area contributed by atoms with Crippen molar-refractivity contribution in [3.63, 3.8) is 0 Å². The van der Waals surface area contributed by atoms with Crippen molar-refractivity contribution < 1.29 is 22.7 Å². The Labute approximate surface area is 285 Å². The molecule has 8 nitrogen and oxygen atoms in total. The molecule has 0 heterocycles. The van der Waals surface area contributed by atoms with E-state index < -0.39 is 28.5 Å². The Hall–Kier alpha value is -4.15. The average Bonchev–Trinajstić information content (AvgIpc) is 3.59. The third-order valence-electron chi connectivity index (χ3n) is 8.46. The number of hydrogen-bond acceptors (Lipinski definition) is 5. The zero-order valence-electron chi connectivity index (χ0n) is 26.6. The molecule has 0 radical (unpaired) electrons. The molecule has 1 fully saturated rings. The number of aryl methyl sites for hydroxylation is 1. The summed E-state index contributed by atoms with van der Waals surface area (Å²) in [5.74, 6) is -0.147. The number of amides is 2. The largest absolute Gasteiger partial charge is 0.497 e. The van der Waals surface area contributed by atoms with E-state index >= 15 is 0 Å². The molecular formula is C37H40BrN3O5S. The Balaban J connectivity index is 1.57. The first-order valence-corrected chi connectivity index (χ1v) is 18.0. The van der Waals surface area contributed by atoms with Gasteiger partial charge in [0.1, 0.15) is 18.3 Å². The fourth-order valence-corrected chi connectivity index (χ4v) is 7.54. The number of halogens is 1. The van der Waals surface area contributed by atoms with Crippen molar-refractivity contribution in [3.8, 4) is 5.75 Å². The van der Waals surface area contributed by atoms with Crippen LogP contribution >= 0.6 is 15.9 Å². The number of carbonyl (C=O) groups is 2. The smallest absolute Gasteiger partial charge is 0.264 e. The van der Waals surface area contributed by atoms with Crippen LogP contribution in [0.4, 0.5) is 5.69 Å². The number of nitrogens with zero attached hydrogens (tertiary/aromatic N) is 2. The molecular weight excluding hydrogens is 678 g/mol. The molecule has 1 saturated carbocycles. The summed E-state index contributed by atoms with van der Waals surface area (Å²) in [4.78, 5) is 30.4. The Morgan fingerprint density at radius 2 is 1.55 bits per heavy atom. The van der Waals surface area contributed by atoms with Crippen molar-refractivity contribution in [2.75, 3.05) is 18.0 Å². The van der Waals surface area contributed by atoms with E-state index in [2.05, 4.69) is 21.2 Å². The summed E-state index contributed by atoms with van der Waals surface area (Å²) < 4.78 is 35.7. The summed E-state index contributed by atoms with van der Waals surface area (Å²) >= 11 is 3.43. The van der Waals surface area contributed by atoms with E-state index in [0.717, 1.165) is 51.2 Å². The molecule has 10 heteroatoms. The van der Waals surface area contributed by atoms with Gasteiger partial charge in [-0.15, -0.1) is 0 Å². The summed E-state index contributed by atoms with van der Waals surface area (Å²) in [5, 5.41) is 3.20. The van der Waals surface area contributed by atoms with Gasteiger partial charge in [0, 0.05) is 23.5 Å². The topological polar surface area (TPSA) is 96.0 Å². The van der Waals surface area contributed by atoms with Crippen LogP contribution in [-0.2, 0) is 32.6 Å². The van der Waals surface area contributed by atoms with Gasteiger partial charge in [0.25, 0.3) is 10.0 Å². The SMILES string of the molecule is COc1cccc(CN(C(=O)CN(c2ccc(Br)cc2)S(=O)(=O)c2ccc(C)cc2)[C@H](Cc2ccccc2)C(=O)NC2CCCC2)c1. The maximum Gasteiger partial charge on any atom is 0.264 e. The van der Waals surface area contributed by atoms with Gasteiger partial charge in [0.2, 0.25) is 11.8 Å². The maximum absolute atomic E-state index is 14.7. The van der Waals surface area contributed by atoms with Crippen molar-refractivity contribution in [1.29, 1.82) is 0 Å². The first kappa shape index (κ1) is 34.2. The van der Waals surface area contributed by atoms with E-state index in [1.54, 1.807) is 55.6 Å². The van der Waals surface area contributed by atoms with E-state index in [9.17, 15) is 18.0 Å². The second kappa shape index (κ2) is 15.6. The van der Waals surface area contributed by atoms with Gasteiger partial charge in [-0.25, -0.2) is 8.42 Å². The lowest BCUT2D eigenvalue weighted by Crippen LogP contribution is -2.54. The highest BCUT2D eigenvalue weighted by Crippen LogP contribution is 2.27. The summed E-state index contributed by atoms with van der Waals surface area (Å²) in [6.45, 7) is 1.44. The molecule has 1 N–H and O–H groups in total.